The number of ether oxygens (including phenoxy) is 1. The van der Waals surface area contributed by atoms with Crippen LogP contribution >= 0.6 is 0 Å². The molecule has 0 aromatic rings. The summed E-state index contributed by atoms with van der Waals surface area (Å²) in [7, 11) is 1.74. The fourth-order valence-corrected chi connectivity index (χ4v) is 0.508. The SMILES string of the molecule is CC(C)(C)OC=O.CN[C@H](C)CC(=O)O. The number of carboxylic acids is 1. The monoisotopic (exact) mass is 219 g/mol. The topological polar surface area (TPSA) is 75.6 Å². The third-order valence-electron chi connectivity index (χ3n) is 1.38. The quantitative estimate of drug-likeness (QED) is 0.691. The summed E-state index contributed by atoms with van der Waals surface area (Å²) in [6.07, 6.45) is 0.191. The molecule has 0 saturated heterocycles. The van der Waals surface area contributed by atoms with Gasteiger partial charge in [0, 0.05) is 6.04 Å². The highest BCUT2D eigenvalue weighted by Gasteiger charge is 2.07. The van der Waals surface area contributed by atoms with E-state index in [0.717, 1.165) is 0 Å². The highest BCUT2D eigenvalue weighted by atomic mass is 16.5. The summed E-state index contributed by atoms with van der Waals surface area (Å²) in [5.41, 5.74) is -0.318. The smallest absolute Gasteiger partial charge is 0.304 e. The molecule has 0 spiro atoms. The van der Waals surface area contributed by atoms with Crippen molar-refractivity contribution >= 4 is 12.4 Å². The van der Waals surface area contributed by atoms with Gasteiger partial charge in [0.25, 0.3) is 6.47 Å². The van der Waals surface area contributed by atoms with Crippen molar-refractivity contribution in [1.82, 2.24) is 5.32 Å². The van der Waals surface area contributed by atoms with E-state index in [4.69, 9.17) is 5.11 Å². The molecule has 0 aliphatic rings. The molecule has 0 fully saturated rings. The standard InChI is InChI=1S/C5H11NO2.C5H10O2/c1-4(6-2)3-5(7)8;1-5(2,3)7-4-6/h4,6H,3H2,1-2H3,(H,7,8);4H,1-3H3/t4-;/m1./s1. The van der Waals surface area contributed by atoms with Crippen LogP contribution in [0.4, 0.5) is 0 Å². The van der Waals surface area contributed by atoms with Crippen molar-refractivity contribution in [2.24, 2.45) is 0 Å². The molecule has 1 atom stereocenters. The largest absolute Gasteiger partial charge is 0.481 e. The minimum absolute atomic E-state index is 0.0764. The third-order valence-corrected chi connectivity index (χ3v) is 1.38. The van der Waals surface area contributed by atoms with Crippen LogP contribution < -0.4 is 5.32 Å². The highest BCUT2D eigenvalue weighted by molar-refractivity contribution is 5.67. The van der Waals surface area contributed by atoms with E-state index in [2.05, 4.69) is 10.1 Å². The second kappa shape index (κ2) is 8.23. The number of carboxylic acid groups (broad SMARTS) is 1. The van der Waals surface area contributed by atoms with Gasteiger partial charge in [0.05, 0.1) is 6.42 Å². The van der Waals surface area contributed by atoms with Crippen molar-refractivity contribution in [3.63, 3.8) is 0 Å². The van der Waals surface area contributed by atoms with Crippen LogP contribution in [-0.2, 0) is 14.3 Å². The summed E-state index contributed by atoms with van der Waals surface area (Å²) in [5, 5.41) is 11.0. The lowest BCUT2D eigenvalue weighted by Crippen LogP contribution is -2.24. The van der Waals surface area contributed by atoms with E-state index >= 15 is 0 Å². The zero-order valence-corrected chi connectivity index (χ0v) is 10.0. The number of aliphatic carboxylic acids is 1. The lowest BCUT2D eigenvalue weighted by molar-refractivity contribution is -0.139. The van der Waals surface area contributed by atoms with Crippen LogP contribution in [-0.4, -0.2) is 36.2 Å². The van der Waals surface area contributed by atoms with E-state index < -0.39 is 5.97 Å². The number of hydrogen-bond acceptors (Lipinski definition) is 4. The van der Waals surface area contributed by atoms with Gasteiger partial charge in [-0.25, -0.2) is 0 Å². The molecular formula is C10H21NO4. The van der Waals surface area contributed by atoms with Crippen molar-refractivity contribution in [2.75, 3.05) is 7.05 Å². The molecule has 0 unspecified atom stereocenters. The Balaban J connectivity index is 0. The Labute approximate surface area is 90.8 Å². The Morgan fingerprint density at radius 3 is 2.07 bits per heavy atom. The number of carbonyl (C=O) groups excluding carboxylic acids is 1. The van der Waals surface area contributed by atoms with Crippen LogP contribution in [0.1, 0.15) is 34.1 Å². The fourth-order valence-electron chi connectivity index (χ4n) is 0.508. The number of rotatable bonds is 4. The Bertz CT molecular complexity index is 186. The molecule has 0 saturated carbocycles. The number of hydrogen-bond donors (Lipinski definition) is 2. The molecule has 0 rings (SSSR count). The predicted octanol–water partition coefficient (Wildman–Crippen LogP) is 1.03. The first-order valence-corrected chi connectivity index (χ1v) is 4.73. The van der Waals surface area contributed by atoms with Crippen LogP contribution in [0.15, 0.2) is 0 Å². The molecule has 15 heavy (non-hydrogen) atoms. The van der Waals surface area contributed by atoms with Crippen LogP contribution in [0.25, 0.3) is 0 Å². The van der Waals surface area contributed by atoms with E-state index in [0.29, 0.717) is 6.47 Å². The molecule has 0 aliphatic heterocycles. The van der Waals surface area contributed by atoms with Crippen LogP contribution in [0.2, 0.25) is 0 Å². The zero-order valence-electron chi connectivity index (χ0n) is 10.0. The first-order valence-electron chi connectivity index (χ1n) is 4.73. The highest BCUT2D eigenvalue weighted by Crippen LogP contribution is 2.02. The Morgan fingerprint density at radius 1 is 1.53 bits per heavy atom. The van der Waals surface area contributed by atoms with E-state index in [1.54, 1.807) is 7.05 Å². The van der Waals surface area contributed by atoms with Gasteiger partial charge in [-0.3, -0.25) is 9.59 Å². The predicted molar refractivity (Wildman–Crippen MR) is 57.7 cm³/mol. The van der Waals surface area contributed by atoms with Crippen molar-refractivity contribution in [2.45, 2.75) is 45.8 Å². The van der Waals surface area contributed by atoms with E-state index in [9.17, 15) is 9.59 Å². The van der Waals surface area contributed by atoms with Crippen molar-refractivity contribution in [1.29, 1.82) is 0 Å². The van der Waals surface area contributed by atoms with Crippen molar-refractivity contribution in [3.05, 3.63) is 0 Å². The van der Waals surface area contributed by atoms with E-state index in [1.165, 1.54) is 0 Å². The summed E-state index contributed by atoms with van der Waals surface area (Å²) >= 11 is 0. The van der Waals surface area contributed by atoms with Gasteiger partial charge >= 0.3 is 5.97 Å². The van der Waals surface area contributed by atoms with Gasteiger partial charge in [0.1, 0.15) is 5.60 Å². The van der Waals surface area contributed by atoms with Crippen molar-refractivity contribution in [3.8, 4) is 0 Å². The van der Waals surface area contributed by atoms with Crippen LogP contribution in [0, 0.1) is 0 Å². The minimum Gasteiger partial charge on any atom is -0.481 e. The Hall–Kier alpha value is -1.10. The maximum Gasteiger partial charge on any atom is 0.304 e. The maximum absolute atomic E-state index is 9.93. The number of nitrogens with one attached hydrogen (secondary N) is 1. The van der Waals surface area contributed by atoms with Gasteiger partial charge in [0.2, 0.25) is 0 Å². The molecule has 0 radical (unpaired) electrons. The summed E-state index contributed by atoms with van der Waals surface area (Å²) in [4.78, 5) is 19.5. The van der Waals surface area contributed by atoms with E-state index in [-0.39, 0.29) is 18.1 Å². The van der Waals surface area contributed by atoms with Crippen LogP contribution in [0.3, 0.4) is 0 Å². The molecule has 0 aromatic carbocycles. The molecule has 90 valence electrons. The molecular weight excluding hydrogens is 198 g/mol. The van der Waals surface area contributed by atoms with Gasteiger partial charge in [-0.05, 0) is 34.7 Å². The summed E-state index contributed by atoms with van der Waals surface area (Å²) in [6, 6.07) is 0.0764. The first-order chi connectivity index (χ1) is 6.72. The second-order valence-electron chi connectivity index (χ2n) is 4.11. The molecule has 0 bridgehead atoms. The van der Waals surface area contributed by atoms with Gasteiger partial charge in [-0.2, -0.15) is 0 Å². The maximum atomic E-state index is 9.93. The fraction of sp³-hybridized carbons (Fsp3) is 0.800. The third kappa shape index (κ3) is 19.3. The van der Waals surface area contributed by atoms with Crippen molar-refractivity contribution < 1.29 is 19.4 Å². The second-order valence-corrected chi connectivity index (χ2v) is 4.11. The lowest BCUT2D eigenvalue weighted by Gasteiger charge is -2.14. The van der Waals surface area contributed by atoms with Gasteiger partial charge < -0.3 is 15.2 Å². The van der Waals surface area contributed by atoms with Gasteiger partial charge in [0.15, 0.2) is 0 Å². The molecule has 2 N–H and O–H groups in total. The Morgan fingerprint density at radius 2 is 2.00 bits per heavy atom. The summed E-state index contributed by atoms with van der Waals surface area (Å²) in [6.45, 7) is 7.75. The molecule has 0 aliphatic carbocycles. The van der Waals surface area contributed by atoms with Gasteiger partial charge in [-0.1, -0.05) is 0 Å². The Kier molecular flexibility index (Phi) is 8.96. The molecule has 0 heterocycles. The first kappa shape index (κ1) is 16.3. The molecule has 5 nitrogen and oxygen atoms in total. The van der Waals surface area contributed by atoms with Crippen LogP contribution in [0.5, 0.6) is 0 Å². The normalized spacial score (nSPS) is 12.1. The minimum atomic E-state index is -0.758. The van der Waals surface area contributed by atoms with E-state index in [1.807, 2.05) is 27.7 Å². The molecule has 5 heteroatoms. The zero-order chi connectivity index (χ0) is 12.5. The van der Waals surface area contributed by atoms with Gasteiger partial charge in [-0.15, -0.1) is 0 Å². The average Bonchev–Trinajstić information content (AvgIpc) is 2.01. The summed E-state index contributed by atoms with van der Waals surface area (Å²) < 4.78 is 4.55. The number of carbonyl (C=O) groups is 2. The lowest BCUT2D eigenvalue weighted by atomic mass is 10.2. The molecule has 0 amide bonds. The average molecular weight is 219 g/mol. The molecule has 0 aromatic heterocycles. The summed E-state index contributed by atoms with van der Waals surface area (Å²) in [5.74, 6) is -0.758.